The number of sulfone groups is 1. The highest BCUT2D eigenvalue weighted by molar-refractivity contribution is 7.91. The topological polar surface area (TPSA) is 43.4 Å². The summed E-state index contributed by atoms with van der Waals surface area (Å²) in [7, 11) is -4.17. The lowest BCUT2D eigenvalue weighted by molar-refractivity contribution is -0.274. The molecule has 0 atom stereocenters. The van der Waals surface area contributed by atoms with Gasteiger partial charge in [0, 0.05) is 0 Å². The van der Waals surface area contributed by atoms with E-state index < -0.39 is 38.6 Å². The van der Waals surface area contributed by atoms with Crippen LogP contribution in [0, 0.1) is 0 Å². The van der Waals surface area contributed by atoms with Crippen LogP contribution in [-0.4, -0.2) is 14.8 Å². The highest BCUT2D eigenvalue weighted by atomic mass is 32.2. The molecular weight excluding hydrogens is 362 g/mol. The van der Waals surface area contributed by atoms with Crippen molar-refractivity contribution in [3.05, 3.63) is 54.1 Å². The molecule has 0 aliphatic rings. The Morgan fingerprint density at radius 3 is 1.50 bits per heavy atom. The highest BCUT2D eigenvalue weighted by Crippen LogP contribution is 2.31. The lowest BCUT2D eigenvalue weighted by Gasteiger charge is -2.10. The summed E-state index contributed by atoms with van der Waals surface area (Å²) in [6, 6.07) is 6.09. The van der Waals surface area contributed by atoms with Crippen molar-refractivity contribution in [2.24, 2.45) is 0 Å². The number of benzene rings is 2. The van der Waals surface area contributed by atoms with Crippen molar-refractivity contribution in [2.45, 2.75) is 22.3 Å². The maximum atomic E-state index is 12.5. The summed E-state index contributed by atoms with van der Waals surface area (Å²) in [6.45, 7) is 0. The third kappa shape index (κ3) is 4.19. The highest BCUT2D eigenvalue weighted by Gasteiger charge is 2.32. The minimum absolute atomic E-state index is 0.378. The van der Waals surface area contributed by atoms with Gasteiger partial charge in [-0.1, -0.05) is 0 Å². The molecule has 24 heavy (non-hydrogen) atoms. The molecular formula is C14H8F6O3S. The van der Waals surface area contributed by atoms with E-state index in [0.717, 1.165) is 36.4 Å². The first kappa shape index (κ1) is 18.1. The Kier molecular flexibility index (Phi) is 4.53. The van der Waals surface area contributed by atoms with E-state index in [1.165, 1.54) is 0 Å². The Hall–Kier alpha value is -2.23. The molecule has 10 heteroatoms. The van der Waals surface area contributed by atoms with Gasteiger partial charge in [0.1, 0.15) is 5.75 Å². The van der Waals surface area contributed by atoms with Crippen molar-refractivity contribution in [3.8, 4) is 5.75 Å². The molecule has 0 aliphatic heterocycles. The van der Waals surface area contributed by atoms with Gasteiger partial charge in [0.15, 0.2) is 0 Å². The molecule has 0 amide bonds. The number of rotatable bonds is 3. The van der Waals surface area contributed by atoms with E-state index in [1.807, 2.05) is 0 Å². The molecule has 3 nitrogen and oxygen atoms in total. The van der Waals surface area contributed by atoms with Gasteiger partial charge in [-0.25, -0.2) is 8.42 Å². The zero-order valence-electron chi connectivity index (χ0n) is 11.5. The smallest absolute Gasteiger partial charge is 0.406 e. The Balaban J connectivity index is 2.30. The second kappa shape index (κ2) is 6.00. The predicted octanol–water partition coefficient (Wildman–Crippen LogP) is 4.44. The van der Waals surface area contributed by atoms with Gasteiger partial charge in [-0.2, -0.15) is 13.2 Å². The maximum Gasteiger partial charge on any atom is 0.573 e. The first-order valence-corrected chi connectivity index (χ1v) is 7.66. The van der Waals surface area contributed by atoms with Gasteiger partial charge in [0.2, 0.25) is 9.84 Å². The van der Waals surface area contributed by atoms with Crippen LogP contribution < -0.4 is 4.74 Å². The third-order valence-corrected chi connectivity index (χ3v) is 4.65. The van der Waals surface area contributed by atoms with Gasteiger partial charge in [0.25, 0.3) is 0 Å². The van der Waals surface area contributed by atoms with Crippen molar-refractivity contribution >= 4 is 9.84 Å². The van der Waals surface area contributed by atoms with E-state index in [1.54, 1.807) is 0 Å². The minimum atomic E-state index is -4.92. The van der Waals surface area contributed by atoms with Gasteiger partial charge in [-0.3, -0.25) is 0 Å². The number of hydrogen-bond donors (Lipinski definition) is 0. The van der Waals surface area contributed by atoms with Crippen LogP contribution in [0.15, 0.2) is 58.3 Å². The summed E-state index contributed by atoms with van der Waals surface area (Å²) >= 11 is 0. The lowest BCUT2D eigenvalue weighted by atomic mass is 10.2. The quantitative estimate of drug-likeness (QED) is 0.751. The molecule has 0 spiro atoms. The molecule has 0 aromatic heterocycles. The first-order chi connectivity index (χ1) is 10.9. The van der Waals surface area contributed by atoms with Crippen LogP contribution in [0.2, 0.25) is 0 Å². The molecule has 0 saturated carbocycles. The number of alkyl halides is 6. The molecule has 0 fully saturated rings. The monoisotopic (exact) mass is 370 g/mol. The molecule has 2 rings (SSSR count). The van der Waals surface area contributed by atoms with E-state index in [2.05, 4.69) is 4.74 Å². The summed E-state index contributed by atoms with van der Waals surface area (Å²) in [4.78, 5) is -0.795. The molecule has 0 N–H and O–H groups in total. The van der Waals surface area contributed by atoms with E-state index in [-0.39, 0.29) is 4.90 Å². The lowest BCUT2D eigenvalue weighted by Crippen LogP contribution is -2.17. The van der Waals surface area contributed by atoms with Crippen LogP contribution in [0.1, 0.15) is 5.56 Å². The fourth-order valence-electron chi connectivity index (χ4n) is 1.78. The fraction of sp³-hybridized carbons (Fsp3) is 0.143. The summed E-state index contributed by atoms with van der Waals surface area (Å²) in [5, 5.41) is 0. The average Bonchev–Trinajstić information content (AvgIpc) is 2.45. The summed E-state index contributed by atoms with van der Waals surface area (Å²) in [5.74, 6) is -0.617. The SMILES string of the molecule is O=S(=O)(c1ccc(OC(F)(F)F)cc1)c1ccc(C(F)(F)F)cc1. The standard InChI is InChI=1S/C14H8F6O3S/c15-13(16,17)9-1-5-11(6-2-9)24(21,22)12-7-3-10(4-8-12)23-14(18,19)20/h1-8H. The zero-order valence-corrected chi connectivity index (χ0v) is 12.3. The van der Waals surface area contributed by atoms with E-state index in [0.29, 0.717) is 12.1 Å². The van der Waals surface area contributed by atoms with Gasteiger partial charge in [-0.15, -0.1) is 13.2 Å². The van der Waals surface area contributed by atoms with Crippen LogP contribution in [0.5, 0.6) is 5.75 Å². The normalized spacial score (nSPS) is 12.9. The summed E-state index contributed by atoms with van der Waals surface area (Å²) < 4.78 is 102. The zero-order chi connectivity index (χ0) is 18.2. The molecule has 2 aromatic rings. The van der Waals surface area contributed by atoms with Crippen molar-refractivity contribution in [1.82, 2.24) is 0 Å². The van der Waals surface area contributed by atoms with Gasteiger partial charge >= 0.3 is 12.5 Å². The summed E-state index contributed by atoms with van der Waals surface area (Å²) in [6.07, 6.45) is -9.54. The van der Waals surface area contributed by atoms with E-state index >= 15 is 0 Å². The van der Waals surface area contributed by atoms with Crippen LogP contribution in [0.3, 0.4) is 0 Å². The second-order valence-electron chi connectivity index (χ2n) is 4.54. The van der Waals surface area contributed by atoms with Crippen molar-refractivity contribution in [2.75, 3.05) is 0 Å². The molecule has 0 saturated heterocycles. The van der Waals surface area contributed by atoms with Gasteiger partial charge in [-0.05, 0) is 48.5 Å². The number of hydrogen-bond acceptors (Lipinski definition) is 3. The fourth-order valence-corrected chi connectivity index (χ4v) is 3.04. The largest absolute Gasteiger partial charge is 0.573 e. The molecule has 0 radical (unpaired) electrons. The molecule has 0 unspecified atom stereocenters. The molecule has 130 valence electrons. The Labute approximate surface area is 132 Å². The van der Waals surface area contributed by atoms with E-state index in [4.69, 9.17) is 0 Å². The summed E-state index contributed by atoms with van der Waals surface area (Å²) in [5.41, 5.74) is -1.02. The first-order valence-electron chi connectivity index (χ1n) is 6.18. The minimum Gasteiger partial charge on any atom is -0.406 e. The number of halogens is 6. The maximum absolute atomic E-state index is 12.5. The van der Waals surface area contributed by atoms with Crippen molar-refractivity contribution < 1.29 is 39.5 Å². The molecule has 0 aliphatic carbocycles. The molecule has 2 aromatic carbocycles. The Bertz CT molecular complexity index is 806. The second-order valence-corrected chi connectivity index (χ2v) is 6.49. The number of ether oxygens (including phenoxy) is 1. The van der Waals surface area contributed by atoms with Crippen LogP contribution in [-0.2, 0) is 16.0 Å². The van der Waals surface area contributed by atoms with E-state index in [9.17, 15) is 34.8 Å². The van der Waals surface area contributed by atoms with Crippen molar-refractivity contribution in [1.29, 1.82) is 0 Å². The predicted molar refractivity (Wildman–Crippen MR) is 70.0 cm³/mol. The van der Waals surface area contributed by atoms with Crippen molar-refractivity contribution in [3.63, 3.8) is 0 Å². The van der Waals surface area contributed by atoms with Crippen LogP contribution >= 0.6 is 0 Å². The van der Waals surface area contributed by atoms with Gasteiger partial charge in [0.05, 0.1) is 15.4 Å². The average molecular weight is 370 g/mol. The molecule has 0 heterocycles. The van der Waals surface area contributed by atoms with Crippen LogP contribution in [0.25, 0.3) is 0 Å². The Morgan fingerprint density at radius 1 is 0.708 bits per heavy atom. The Morgan fingerprint density at radius 2 is 1.12 bits per heavy atom. The van der Waals surface area contributed by atoms with Crippen LogP contribution in [0.4, 0.5) is 26.3 Å². The third-order valence-electron chi connectivity index (χ3n) is 2.86. The molecule has 0 bridgehead atoms. The van der Waals surface area contributed by atoms with Gasteiger partial charge < -0.3 is 4.74 Å².